The van der Waals surface area contributed by atoms with Gasteiger partial charge in [-0.2, -0.15) is 0 Å². The van der Waals surface area contributed by atoms with E-state index in [4.69, 9.17) is 0 Å². The normalized spacial score (nSPS) is 10.8. The molecule has 122 valence electrons. The Morgan fingerprint density at radius 1 is 1.12 bits per heavy atom. The minimum atomic E-state index is -0.201. The Morgan fingerprint density at radius 3 is 2.67 bits per heavy atom. The van der Waals surface area contributed by atoms with Crippen LogP contribution in [0.3, 0.4) is 0 Å². The van der Waals surface area contributed by atoms with Crippen LogP contribution in [-0.4, -0.2) is 32.3 Å². The zero-order valence-corrected chi connectivity index (χ0v) is 13.6. The molecule has 0 bridgehead atoms. The van der Waals surface area contributed by atoms with Crippen molar-refractivity contribution in [1.82, 2.24) is 19.9 Å². The van der Waals surface area contributed by atoms with Gasteiger partial charge in [-0.1, -0.05) is 18.2 Å². The van der Waals surface area contributed by atoms with Crippen LogP contribution >= 0.6 is 0 Å². The van der Waals surface area contributed by atoms with Gasteiger partial charge in [0.1, 0.15) is 11.5 Å². The minimum absolute atomic E-state index is 0.183. The molecule has 3 aromatic rings. The number of para-hydroxylation sites is 1. The third-order valence-corrected chi connectivity index (χ3v) is 3.78. The Kier molecular flexibility index (Phi) is 4.37. The molecule has 0 atom stereocenters. The van der Waals surface area contributed by atoms with Crippen molar-refractivity contribution in [2.24, 2.45) is 0 Å². The molecule has 0 fully saturated rings. The van der Waals surface area contributed by atoms with Crippen molar-refractivity contribution in [3.05, 3.63) is 70.0 Å². The van der Waals surface area contributed by atoms with Crippen LogP contribution in [0.15, 0.2) is 47.3 Å². The maximum absolute atomic E-state index is 12.6. The quantitative estimate of drug-likeness (QED) is 0.799. The van der Waals surface area contributed by atoms with E-state index in [1.807, 2.05) is 26.0 Å². The summed E-state index contributed by atoms with van der Waals surface area (Å²) in [6.07, 6.45) is 0. The van der Waals surface area contributed by atoms with Gasteiger partial charge in [0, 0.05) is 12.2 Å². The monoisotopic (exact) mass is 322 g/mol. The van der Waals surface area contributed by atoms with Crippen molar-refractivity contribution in [3.63, 3.8) is 0 Å². The summed E-state index contributed by atoms with van der Waals surface area (Å²) >= 11 is 0. The first-order valence-corrected chi connectivity index (χ1v) is 7.79. The topological polar surface area (TPSA) is 79.0 Å². The van der Waals surface area contributed by atoms with E-state index >= 15 is 0 Å². The number of aromatic nitrogens is 3. The highest BCUT2D eigenvalue weighted by Gasteiger charge is 2.17. The maximum Gasteiger partial charge on any atom is 0.272 e. The lowest BCUT2D eigenvalue weighted by Gasteiger charge is -2.20. The second-order valence-corrected chi connectivity index (χ2v) is 5.51. The number of aromatic amines is 1. The zero-order chi connectivity index (χ0) is 17.1. The van der Waals surface area contributed by atoms with Crippen LogP contribution in [0.1, 0.15) is 28.9 Å². The number of H-pyrrole nitrogens is 1. The third kappa shape index (κ3) is 3.17. The number of nitrogens with zero attached hydrogens (tertiary/aromatic N) is 3. The lowest BCUT2D eigenvalue weighted by Crippen LogP contribution is -2.32. The number of rotatable bonds is 4. The van der Waals surface area contributed by atoms with Gasteiger partial charge in [0.15, 0.2) is 0 Å². The number of amides is 1. The molecular formula is C18H18N4O2. The third-order valence-electron chi connectivity index (χ3n) is 3.78. The van der Waals surface area contributed by atoms with Crippen molar-refractivity contribution in [1.29, 1.82) is 0 Å². The summed E-state index contributed by atoms with van der Waals surface area (Å²) in [6.45, 7) is 4.44. The molecule has 0 radical (unpaired) electrons. The van der Waals surface area contributed by atoms with Crippen molar-refractivity contribution >= 4 is 16.8 Å². The molecule has 0 aliphatic rings. The van der Waals surface area contributed by atoms with Crippen molar-refractivity contribution in [2.75, 3.05) is 6.54 Å². The van der Waals surface area contributed by atoms with Gasteiger partial charge >= 0.3 is 0 Å². The number of hydrogen-bond donors (Lipinski definition) is 1. The van der Waals surface area contributed by atoms with Gasteiger partial charge in [0.2, 0.25) is 0 Å². The molecule has 24 heavy (non-hydrogen) atoms. The van der Waals surface area contributed by atoms with Gasteiger partial charge < -0.3 is 9.88 Å². The van der Waals surface area contributed by atoms with Crippen LogP contribution in [-0.2, 0) is 6.54 Å². The van der Waals surface area contributed by atoms with E-state index in [0.29, 0.717) is 29.0 Å². The van der Waals surface area contributed by atoms with E-state index in [1.54, 1.807) is 35.2 Å². The Hall–Kier alpha value is -3.02. The summed E-state index contributed by atoms with van der Waals surface area (Å²) in [4.78, 5) is 37.8. The number of pyridine rings is 1. The van der Waals surface area contributed by atoms with Crippen molar-refractivity contribution in [3.8, 4) is 0 Å². The van der Waals surface area contributed by atoms with Gasteiger partial charge in [-0.25, -0.2) is 9.97 Å². The van der Waals surface area contributed by atoms with E-state index in [0.717, 1.165) is 5.69 Å². The van der Waals surface area contributed by atoms with Gasteiger partial charge in [0.05, 0.1) is 17.4 Å². The number of benzene rings is 1. The fourth-order valence-corrected chi connectivity index (χ4v) is 2.54. The smallest absolute Gasteiger partial charge is 0.272 e. The summed E-state index contributed by atoms with van der Waals surface area (Å²) in [6, 6.07) is 12.5. The average molecular weight is 322 g/mol. The second-order valence-electron chi connectivity index (χ2n) is 5.51. The zero-order valence-electron chi connectivity index (χ0n) is 13.6. The van der Waals surface area contributed by atoms with Crippen LogP contribution in [0.2, 0.25) is 0 Å². The van der Waals surface area contributed by atoms with Gasteiger partial charge in [-0.15, -0.1) is 0 Å². The molecule has 6 nitrogen and oxygen atoms in total. The molecule has 0 saturated carbocycles. The summed E-state index contributed by atoms with van der Waals surface area (Å²) in [5.74, 6) is 0.276. The average Bonchev–Trinajstić information content (AvgIpc) is 2.59. The molecule has 0 spiro atoms. The molecule has 0 aliphatic carbocycles. The Morgan fingerprint density at radius 2 is 1.92 bits per heavy atom. The van der Waals surface area contributed by atoms with Crippen LogP contribution in [0.4, 0.5) is 0 Å². The lowest BCUT2D eigenvalue weighted by atomic mass is 10.2. The first-order valence-electron chi connectivity index (χ1n) is 7.79. The number of fused-ring (bicyclic) bond motifs is 1. The SMILES string of the molecule is CCN(Cc1nc2ccccc2c(=O)[nH]1)C(=O)c1cccc(C)n1. The summed E-state index contributed by atoms with van der Waals surface area (Å²) in [5.41, 5.74) is 1.59. The first kappa shape index (κ1) is 15.9. The van der Waals surface area contributed by atoms with E-state index in [2.05, 4.69) is 15.0 Å². The standard InChI is InChI=1S/C18H18N4O2/c1-3-22(18(24)15-10-6-7-12(2)19-15)11-16-20-14-9-5-4-8-13(14)17(23)21-16/h4-10H,3,11H2,1-2H3,(H,20,21,23). The molecule has 1 amide bonds. The van der Waals surface area contributed by atoms with Gasteiger partial charge in [-0.05, 0) is 38.1 Å². The number of nitrogens with one attached hydrogen (secondary N) is 1. The number of aryl methyl sites for hydroxylation is 1. The van der Waals surface area contributed by atoms with Gasteiger partial charge in [-0.3, -0.25) is 9.59 Å². The highest BCUT2D eigenvalue weighted by atomic mass is 16.2. The molecule has 0 unspecified atom stereocenters. The Balaban J connectivity index is 1.90. The highest BCUT2D eigenvalue weighted by Crippen LogP contribution is 2.09. The van der Waals surface area contributed by atoms with Crippen molar-refractivity contribution < 1.29 is 4.79 Å². The molecule has 0 aliphatic heterocycles. The van der Waals surface area contributed by atoms with Crippen molar-refractivity contribution in [2.45, 2.75) is 20.4 Å². The van der Waals surface area contributed by atoms with Crippen LogP contribution in [0.25, 0.3) is 10.9 Å². The van der Waals surface area contributed by atoms with Gasteiger partial charge in [0.25, 0.3) is 11.5 Å². The van der Waals surface area contributed by atoms with E-state index in [9.17, 15) is 9.59 Å². The lowest BCUT2D eigenvalue weighted by molar-refractivity contribution is 0.0742. The molecule has 2 aromatic heterocycles. The fourth-order valence-electron chi connectivity index (χ4n) is 2.54. The molecule has 1 aromatic carbocycles. The van der Waals surface area contributed by atoms with Crippen LogP contribution in [0, 0.1) is 6.92 Å². The van der Waals surface area contributed by atoms with Crippen LogP contribution in [0.5, 0.6) is 0 Å². The fraction of sp³-hybridized carbons (Fsp3) is 0.222. The minimum Gasteiger partial charge on any atom is -0.330 e. The summed E-state index contributed by atoms with van der Waals surface area (Å²) in [5, 5.41) is 0.538. The number of carbonyl (C=O) groups is 1. The number of hydrogen-bond acceptors (Lipinski definition) is 4. The molecule has 0 saturated heterocycles. The molecular weight excluding hydrogens is 304 g/mol. The Bertz CT molecular complexity index is 949. The van der Waals surface area contributed by atoms with E-state index < -0.39 is 0 Å². The van der Waals surface area contributed by atoms with Crippen LogP contribution < -0.4 is 5.56 Å². The number of carbonyl (C=O) groups excluding carboxylic acids is 1. The van der Waals surface area contributed by atoms with E-state index in [-0.39, 0.29) is 18.0 Å². The largest absolute Gasteiger partial charge is 0.330 e. The molecule has 3 rings (SSSR count). The Labute approximate surface area is 139 Å². The predicted molar refractivity (Wildman–Crippen MR) is 91.8 cm³/mol. The second kappa shape index (κ2) is 6.62. The maximum atomic E-state index is 12.6. The van der Waals surface area contributed by atoms with E-state index in [1.165, 1.54) is 0 Å². The summed E-state index contributed by atoms with van der Waals surface area (Å²) < 4.78 is 0. The summed E-state index contributed by atoms with van der Waals surface area (Å²) in [7, 11) is 0. The highest BCUT2D eigenvalue weighted by molar-refractivity contribution is 5.92. The molecule has 6 heteroatoms. The molecule has 2 heterocycles. The first-order chi connectivity index (χ1) is 11.6. The molecule has 1 N–H and O–H groups in total. The predicted octanol–water partition coefficient (Wildman–Crippen LogP) is 2.29.